The molecule has 1 aromatic heterocycles. The Morgan fingerprint density at radius 1 is 1.44 bits per heavy atom. The summed E-state index contributed by atoms with van der Waals surface area (Å²) in [5.41, 5.74) is 0. The molecule has 1 aliphatic heterocycles. The van der Waals surface area contributed by atoms with E-state index in [1.165, 1.54) is 6.42 Å². The molecule has 0 saturated carbocycles. The number of hydrogen-bond acceptors (Lipinski definition) is 3. The number of likely N-dealkylation sites (tertiary alicyclic amines) is 1. The molecular formula is C13H22N4O. The van der Waals surface area contributed by atoms with Gasteiger partial charge in [0, 0.05) is 19.0 Å². The van der Waals surface area contributed by atoms with Crippen molar-refractivity contribution in [3.8, 4) is 0 Å². The predicted octanol–water partition coefficient (Wildman–Crippen LogP) is 2.19. The van der Waals surface area contributed by atoms with E-state index in [1.807, 2.05) is 18.7 Å². The fraction of sp³-hybridized carbons (Fsp3) is 0.769. The summed E-state index contributed by atoms with van der Waals surface area (Å²) in [7, 11) is 0. The van der Waals surface area contributed by atoms with Crippen LogP contribution in [0, 0.1) is 5.92 Å². The van der Waals surface area contributed by atoms with Crippen LogP contribution in [0.2, 0.25) is 0 Å². The van der Waals surface area contributed by atoms with E-state index in [9.17, 15) is 4.79 Å². The van der Waals surface area contributed by atoms with Crippen molar-refractivity contribution >= 4 is 5.91 Å². The van der Waals surface area contributed by atoms with Crippen molar-refractivity contribution in [3.05, 3.63) is 11.6 Å². The molecular weight excluding hydrogens is 228 g/mol. The van der Waals surface area contributed by atoms with Crippen molar-refractivity contribution in [2.24, 2.45) is 5.92 Å². The van der Waals surface area contributed by atoms with Crippen LogP contribution in [0.25, 0.3) is 0 Å². The van der Waals surface area contributed by atoms with Crippen LogP contribution in [0.3, 0.4) is 0 Å². The fourth-order valence-electron chi connectivity index (χ4n) is 2.31. The fourth-order valence-corrected chi connectivity index (χ4v) is 2.31. The maximum absolute atomic E-state index is 12.2. The Hall–Kier alpha value is -1.39. The van der Waals surface area contributed by atoms with Gasteiger partial charge in [-0.15, -0.1) is 5.10 Å². The number of hydrogen-bond donors (Lipinski definition) is 1. The molecule has 0 aromatic carbocycles. The molecule has 2 heterocycles. The van der Waals surface area contributed by atoms with Crippen LogP contribution in [0.1, 0.15) is 62.4 Å². The molecule has 0 bridgehead atoms. The van der Waals surface area contributed by atoms with Crippen molar-refractivity contribution in [3.63, 3.8) is 0 Å². The van der Waals surface area contributed by atoms with Crippen molar-refractivity contribution in [1.29, 1.82) is 0 Å². The summed E-state index contributed by atoms with van der Waals surface area (Å²) in [4.78, 5) is 18.4. The van der Waals surface area contributed by atoms with Crippen molar-refractivity contribution in [2.75, 3.05) is 13.1 Å². The Bertz CT molecular complexity index is 405. The van der Waals surface area contributed by atoms with Gasteiger partial charge in [-0.3, -0.25) is 9.89 Å². The summed E-state index contributed by atoms with van der Waals surface area (Å²) >= 11 is 0. The first kappa shape index (κ1) is 13.1. The van der Waals surface area contributed by atoms with Crippen molar-refractivity contribution in [2.45, 2.75) is 46.0 Å². The molecule has 18 heavy (non-hydrogen) atoms. The lowest BCUT2D eigenvalue weighted by Crippen LogP contribution is -2.38. The third-order valence-electron chi connectivity index (χ3n) is 3.72. The number of nitrogens with one attached hydrogen (secondary N) is 1. The van der Waals surface area contributed by atoms with Gasteiger partial charge in [0.15, 0.2) is 0 Å². The molecule has 5 nitrogen and oxygen atoms in total. The Morgan fingerprint density at radius 2 is 2.11 bits per heavy atom. The standard InChI is InChI=1S/C13H22N4O/c1-4-10-5-7-17(8-6-10)13(18)12-14-11(9(2)3)15-16-12/h9-10H,4-8H2,1-3H3,(H,14,15,16). The van der Waals surface area contributed by atoms with E-state index in [0.717, 1.165) is 37.7 Å². The molecule has 0 aliphatic carbocycles. The second-order valence-electron chi connectivity index (χ2n) is 5.34. The summed E-state index contributed by atoms with van der Waals surface area (Å²) in [6, 6.07) is 0. The number of nitrogens with zero attached hydrogens (tertiary/aromatic N) is 3. The van der Waals surface area contributed by atoms with E-state index in [4.69, 9.17) is 0 Å². The smallest absolute Gasteiger partial charge is 0.293 e. The third kappa shape index (κ3) is 2.71. The lowest BCUT2D eigenvalue weighted by atomic mass is 9.94. The summed E-state index contributed by atoms with van der Waals surface area (Å²) in [5, 5.41) is 6.86. The summed E-state index contributed by atoms with van der Waals surface area (Å²) in [6.07, 6.45) is 3.41. The predicted molar refractivity (Wildman–Crippen MR) is 69.4 cm³/mol. The molecule has 1 fully saturated rings. The molecule has 5 heteroatoms. The summed E-state index contributed by atoms with van der Waals surface area (Å²) in [5.74, 6) is 2.10. The Morgan fingerprint density at radius 3 is 2.61 bits per heavy atom. The quantitative estimate of drug-likeness (QED) is 0.894. The molecule has 1 aromatic rings. The normalized spacial score (nSPS) is 17.4. The molecule has 2 rings (SSSR count). The molecule has 0 atom stereocenters. The van der Waals surface area contributed by atoms with Crippen LogP contribution >= 0.6 is 0 Å². The molecule has 0 unspecified atom stereocenters. The zero-order valence-corrected chi connectivity index (χ0v) is 11.4. The zero-order chi connectivity index (χ0) is 13.1. The van der Waals surface area contributed by atoms with Crippen LogP contribution in [0.5, 0.6) is 0 Å². The minimum Gasteiger partial charge on any atom is -0.336 e. The Labute approximate surface area is 108 Å². The summed E-state index contributed by atoms with van der Waals surface area (Å²) < 4.78 is 0. The number of carbonyl (C=O) groups is 1. The highest BCUT2D eigenvalue weighted by atomic mass is 16.2. The van der Waals surface area contributed by atoms with Crippen LogP contribution in [0.4, 0.5) is 0 Å². The Kier molecular flexibility index (Phi) is 3.99. The number of H-pyrrole nitrogens is 1. The lowest BCUT2D eigenvalue weighted by molar-refractivity contribution is 0.0677. The molecule has 0 spiro atoms. The van der Waals surface area contributed by atoms with Gasteiger partial charge in [0.2, 0.25) is 5.82 Å². The van der Waals surface area contributed by atoms with Crippen LogP contribution in [0.15, 0.2) is 0 Å². The molecule has 1 N–H and O–H groups in total. The highest BCUT2D eigenvalue weighted by molar-refractivity contribution is 5.90. The van der Waals surface area contributed by atoms with Crippen molar-refractivity contribution < 1.29 is 4.79 Å². The van der Waals surface area contributed by atoms with Gasteiger partial charge in [0.05, 0.1) is 0 Å². The van der Waals surface area contributed by atoms with Gasteiger partial charge in [0.25, 0.3) is 5.91 Å². The summed E-state index contributed by atoms with van der Waals surface area (Å²) in [6.45, 7) is 7.95. The van der Waals surface area contributed by atoms with E-state index in [2.05, 4.69) is 22.1 Å². The second-order valence-corrected chi connectivity index (χ2v) is 5.34. The highest BCUT2D eigenvalue weighted by Crippen LogP contribution is 2.21. The molecule has 1 saturated heterocycles. The van der Waals surface area contributed by atoms with Crippen LogP contribution in [-0.2, 0) is 0 Å². The van der Waals surface area contributed by atoms with E-state index < -0.39 is 0 Å². The SMILES string of the molecule is CCC1CCN(C(=O)c2n[nH]c(C(C)C)n2)CC1. The first-order chi connectivity index (χ1) is 8.61. The number of rotatable bonds is 3. The average Bonchev–Trinajstić information content (AvgIpc) is 2.88. The number of amides is 1. The monoisotopic (exact) mass is 250 g/mol. The molecule has 1 amide bonds. The van der Waals surface area contributed by atoms with E-state index in [-0.39, 0.29) is 11.8 Å². The van der Waals surface area contributed by atoms with E-state index in [1.54, 1.807) is 0 Å². The van der Waals surface area contributed by atoms with Gasteiger partial charge in [-0.1, -0.05) is 27.2 Å². The van der Waals surface area contributed by atoms with Gasteiger partial charge in [0.1, 0.15) is 5.82 Å². The van der Waals surface area contributed by atoms with Gasteiger partial charge < -0.3 is 4.90 Å². The second kappa shape index (κ2) is 5.50. The Balaban J connectivity index is 1.98. The van der Waals surface area contributed by atoms with Gasteiger partial charge >= 0.3 is 0 Å². The first-order valence-electron chi connectivity index (χ1n) is 6.83. The maximum Gasteiger partial charge on any atom is 0.293 e. The molecule has 0 radical (unpaired) electrons. The van der Waals surface area contributed by atoms with E-state index in [0.29, 0.717) is 5.82 Å². The lowest BCUT2D eigenvalue weighted by Gasteiger charge is -2.30. The van der Waals surface area contributed by atoms with Gasteiger partial charge in [-0.05, 0) is 18.8 Å². The zero-order valence-electron chi connectivity index (χ0n) is 11.4. The van der Waals surface area contributed by atoms with Crippen LogP contribution < -0.4 is 0 Å². The third-order valence-corrected chi connectivity index (χ3v) is 3.72. The minimum absolute atomic E-state index is 0.0345. The molecule has 1 aliphatic rings. The largest absolute Gasteiger partial charge is 0.336 e. The average molecular weight is 250 g/mol. The first-order valence-corrected chi connectivity index (χ1v) is 6.83. The van der Waals surface area contributed by atoms with Gasteiger partial charge in [-0.25, -0.2) is 4.98 Å². The number of piperidine rings is 1. The topological polar surface area (TPSA) is 61.9 Å². The minimum atomic E-state index is -0.0345. The number of aromatic amines is 1. The van der Waals surface area contributed by atoms with E-state index >= 15 is 0 Å². The molecule has 100 valence electrons. The van der Waals surface area contributed by atoms with Gasteiger partial charge in [-0.2, -0.15) is 0 Å². The number of aromatic nitrogens is 3. The van der Waals surface area contributed by atoms with Crippen molar-refractivity contribution in [1.82, 2.24) is 20.1 Å². The highest BCUT2D eigenvalue weighted by Gasteiger charge is 2.25. The maximum atomic E-state index is 12.2. The van der Waals surface area contributed by atoms with Crippen LogP contribution in [-0.4, -0.2) is 39.1 Å². The number of carbonyl (C=O) groups excluding carboxylic acids is 1.